The Balaban J connectivity index is 1.83. The summed E-state index contributed by atoms with van der Waals surface area (Å²) in [5, 5.41) is 0. The predicted molar refractivity (Wildman–Crippen MR) is 92.5 cm³/mol. The molecule has 2 aromatic rings. The summed E-state index contributed by atoms with van der Waals surface area (Å²) in [6.07, 6.45) is 4.71. The molecule has 3 rings (SSSR count). The lowest BCUT2D eigenvalue weighted by molar-refractivity contribution is 0.0664. The van der Waals surface area contributed by atoms with E-state index in [1.54, 1.807) is 0 Å². The summed E-state index contributed by atoms with van der Waals surface area (Å²) >= 11 is 0. The van der Waals surface area contributed by atoms with Gasteiger partial charge in [-0.3, -0.25) is 9.78 Å². The van der Waals surface area contributed by atoms with Gasteiger partial charge >= 0.3 is 0 Å². The van der Waals surface area contributed by atoms with E-state index in [2.05, 4.69) is 29.9 Å². The number of hydrogen-bond acceptors (Lipinski definition) is 3. The fraction of sp³-hybridized carbons (Fsp3) is 0.368. The third-order valence-corrected chi connectivity index (χ3v) is 4.44. The Morgan fingerprint density at radius 1 is 1.09 bits per heavy atom. The van der Waals surface area contributed by atoms with Crippen LogP contribution in [0.5, 0.6) is 0 Å². The molecule has 1 aliphatic heterocycles. The number of rotatable bonds is 3. The zero-order valence-electron chi connectivity index (χ0n) is 13.8. The van der Waals surface area contributed by atoms with Gasteiger partial charge in [-0.1, -0.05) is 19.1 Å². The Bertz CT molecular complexity index is 691. The molecule has 0 N–H and O–H groups in total. The zero-order valence-corrected chi connectivity index (χ0v) is 13.8. The SMILES string of the molecule is CCc1cncc(-c2cccc(C(=O)N3CCN(C)CC3)c2)c1. The molecule has 1 saturated heterocycles. The monoisotopic (exact) mass is 309 g/mol. The summed E-state index contributed by atoms with van der Waals surface area (Å²) < 4.78 is 0. The Morgan fingerprint density at radius 2 is 1.87 bits per heavy atom. The van der Waals surface area contributed by atoms with Crippen molar-refractivity contribution in [3.8, 4) is 11.1 Å². The number of aromatic nitrogens is 1. The molecule has 1 aromatic heterocycles. The molecule has 0 saturated carbocycles. The molecule has 120 valence electrons. The molecule has 1 aliphatic rings. The maximum Gasteiger partial charge on any atom is 0.253 e. The second-order valence-corrected chi connectivity index (χ2v) is 6.11. The maximum absolute atomic E-state index is 12.7. The van der Waals surface area contributed by atoms with Crippen molar-refractivity contribution in [3.05, 3.63) is 53.9 Å². The highest BCUT2D eigenvalue weighted by molar-refractivity contribution is 5.95. The van der Waals surface area contributed by atoms with Crippen molar-refractivity contribution in [2.24, 2.45) is 0 Å². The molecule has 1 aromatic carbocycles. The number of aryl methyl sites for hydroxylation is 1. The molecule has 0 atom stereocenters. The van der Waals surface area contributed by atoms with Crippen molar-refractivity contribution in [2.75, 3.05) is 33.2 Å². The average molecular weight is 309 g/mol. The van der Waals surface area contributed by atoms with Crippen LogP contribution in [-0.2, 0) is 6.42 Å². The van der Waals surface area contributed by atoms with Crippen LogP contribution < -0.4 is 0 Å². The minimum atomic E-state index is 0.125. The normalized spacial score (nSPS) is 15.7. The van der Waals surface area contributed by atoms with Crippen LogP contribution in [0.15, 0.2) is 42.7 Å². The van der Waals surface area contributed by atoms with Crippen LogP contribution >= 0.6 is 0 Å². The van der Waals surface area contributed by atoms with Crippen molar-refractivity contribution in [2.45, 2.75) is 13.3 Å². The van der Waals surface area contributed by atoms with Gasteiger partial charge in [-0.15, -0.1) is 0 Å². The van der Waals surface area contributed by atoms with Gasteiger partial charge in [-0.05, 0) is 42.8 Å². The fourth-order valence-electron chi connectivity index (χ4n) is 2.86. The summed E-state index contributed by atoms with van der Waals surface area (Å²) in [7, 11) is 2.09. The number of amides is 1. The molecule has 0 spiro atoms. The molecular weight excluding hydrogens is 286 g/mol. The smallest absolute Gasteiger partial charge is 0.253 e. The van der Waals surface area contributed by atoms with Crippen LogP contribution in [0.2, 0.25) is 0 Å². The molecule has 0 radical (unpaired) electrons. The van der Waals surface area contributed by atoms with E-state index in [1.165, 1.54) is 5.56 Å². The molecule has 2 heterocycles. The lowest BCUT2D eigenvalue weighted by Crippen LogP contribution is -2.47. The van der Waals surface area contributed by atoms with Crippen molar-refractivity contribution < 1.29 is 4.79 Å². The second-order valence-electron chi connectivity index (χ2n) is 6.11. The first kappa shape index (κ1) is 15.7. The topological polar surface area (TPSA) is 36.4 Å². The van der Waals surface area contributed by atoms with Gasteiger partial charge in [0.25, 0.3) is 5.91 Å². The number of piperazine rings is 1. The summed E-state index contributed by atoms with van der Waals surface area (Å²) in [5.41, 5.74) is 4.08. The third-order valence-electron chi connectivity index (χ3n) is 4.44. The molecular formula is C19H23N3O. The van der Waals surface area contributed by atoms with E-state index in [4.69, 9.17) is 0 Å². The van der Waals surface area contributed by atoms with Gasteiger partial charge in [0.05, 0.1) is 0 Å². The lowest BCUT2D eigenvalue weighted by atomic mass is 10.0. The lowest BCUT2D eigenvalue weighted by Gasteiger charge is -2.32. The number of nitrogens with zero attached hydrogens (tertiary/aromatic N) is 3. The number of likely N-dealkylation sites (N-methyl/N-ethyl adjacent to an activating group) is 1. The molecule has 0 aliphatic carbocycles. The van der Waals surface area contributed by atoms with Crippen LogP contribution in [-0.4, -0.2) is 53.9 Å². The fourth-order valence-corrected chi connectivity index (χ4v) is 2.86. The first-order valence-corrected chi connectivity index (χ1v) is 8.19. The van der Waals surface area contributed by atoms with Crippen molar-refractivity contribution >= 4 is 5.91 Å². The average Bonchev–Trinajstić information content (AvgIpc) is 2.62. The van der Waals surface area contributed by atoms with Crippen LogP contribution in [0.4, 0.5) is 0 Å². The van der Waals surface area contributed by atoms with Crippen LogP contribution in [0.1, 0.15) is 22.8 Å². The van der Waals surface area contributed by atoms with E-state index >= 15 is 0 Å². The van der Waals surface area contributed by atoms with Gasteiger partial charge in [0.2, 0.25) is 0 Å². The Hall–Kier alpha value is -2.20. The van der Waals surface area contributed by atoms with E-state index in [0.717, 1.165) is 49.3 Å². The van der Waals surface area contributed by atoms with Crippen molar-refractivity contribution in [1.29, 1.82) is 0 Å². The van der Waals surface area contributed by atoms with E-state index in [-0.39, 0.29) is 5.91 Å². The first-order valence-electron chi connectivity index (χ1n) is 8.19. The maximum atomic E-state index is 12.7. The summed E-state index contributed by atoms with van der Waals surface area (Å²) in [4.78, 5) is 21.2. The van der Waals surface area contributed by atoms with Crippen molar-refractivity contribution in [3.63, 3.8) is 0 Å². The number of pyridine rings is 1. The Kier molecular flexibility index (Phi) is 4.72. The van der Waals surface area contributed by atoms with E-state index in [0.29, 0.717) is 0 Å². The number of carbonyl (C=O) groups excluding carboxylic acids is 1. The first-order chi connectivity index (χ1) is 11.2. The van der Waals surface area contributed by atoms with Crippen LogP contribution in [0.25, 0.3) is 11.1 Å². The minimum absolute atomic E-state index is 0.125. The predicted octanol–water partition coefficient (Wildman–Crippen LogP) is 2.70. The molecule has 0 unspecified atom stereocenters. The summed E-state index contributed by atoms with van der Waals surface area (Å²) in [5.74, 6) is 0.125. The third kappa shape index (κ3) is 3.59. The highest BCUT2D eigenvalue weighted by Gasteiger charge is 2.20. The number of carbonyl (C=O) groups is 1. The Morgan fingerprint density at radius 3 is 2.61 bits per heavy atom. The summed E-state index contributed by atoms with van der Waals surface area (Å²) in [6.45, 7) is 5.59. The largest absolute Gasteiger partial charge is 0.336 e. The standard InChI is InChI=1S/C19H23N3O/c1-3-15-11-18(14-20-13-15)16-5-4-6-17(12-16)19(23)22-9-7-21(2)8-10-22/h4-6,11-14H,3,7-10H2,1-2H3. The van der Waals surface area contributed by atoms with Gasteiger partial charge in [0, 0.05) is 49.7 Å². The van der Waals surface area contributed by atoms with E-state index < -0.39 is 0 Å². The van der Waals surface area contributed by atoms with Gasteiger partial charge < -0.3 is 9.80 Å². The molecule has 4 nitrogen and oxygen atoms in total. The van der Waals surface area contributed by atoms with Gasteiger partial charge in [0.15, 0.2) is 0 Å². The zero-order chi connectivity index (χ0) is 16.2. The van der Waals surface area contributed by atoms with Crippen LogP contribution in [0, 0.1) is 0 Å². The molecule has 1 fully saturated rings. The molecule has 1 amide bonds. The minimum Gasteiger partial charge on any atom is -0.336 e. The van der Waals surface area contributed by atoms with Gasteiger partial charge in [0.1, 0.15) is 0 Å². The van der Waals surface area contributed by atoms with E-state index in [9.17, 15) is 4.79 Å². The highest BCUT2D eigenvalue weighted by Crippen LogP contribution is 2.22. The number of hydrogen-bond donors (Lipinski definition) is 0. The summed E-state index contributed by atoms with van der Waals surface area (Å²) in [6, 6.07) is 10.0. The number of benzene rings is 1. The van der Waals surface area contributed by atoms with Crippen molar-refractivity contribution in [1.82, 2.24) is 14.8 Å². The van der Waals surface area contributed by atoms with Gasteiger partial charge in [-0.2, -0.15) is 0 Å². The van der Waals surface area contributed by atoms with E-state index in [1.807, 2.05) is 41.6 Å². The molecule has 23 heavy (non-hydrogen) atoms. The Labute approximate surface area is 137 Å². The molecule has 0 bridgehead atoms. The van der Waals surface area contributed by atoms with Gasteiger partial charge in [-0.25, -0.2) is 0 Å². The second kappa shape index (κ2) is 6.92. The molecule has 4 heteroatoms. The quantitative estimate of drug-likeness (QED) is 0.874. The highest BCUT2D eigenvalue weighted by atomic mass is 16.2. The van der Waals surface area contributed by atoms with Crippen LogP contribution in [0.3, 0.4) is 0 Å².